The number of hydrogen-bond donors (Lipinski definition) is 0. The number of hydrogen-bond acceptors (Lipinski definition) is 1. The van der Waals surface area contributed by atoms with E-state index in [1.54, 1.807) is 12.1 Å². The van der Waals surface area contributed by atoms with Gasteiger partial charge < -0.3 is 4.74 Å². The second kappa shape index (κ2) is 4.36. The van der Waals surface area contributed by atoms with E-state index in [1.807, 2.05) is 20.8 Å². The van der Waals surface area contributed by atoms with Crippen LogP contribution in [0.1, 0.15) is 26.3 Å². The van der Waals surface area contributed by atoms with Gasteiger partial charge in [-0.15, -0.1) is 13.2 Å². The molecular weight excluding hydrogens is 217 g/mol. The average Bonchev–Trinajstić information content (AvgIpc) is 1.96. The van der Waals surface area contributed by atoms with Gasteiger partial charge in [-0.25, -0.2) is 0 Å². The van der Waals surface area contributed by atoms with Crippen molar-refractivity contribution in [2.24, 2.45) is 5.41 Å². The molecule has 0 aliphatic rings. The lowest BCUT2D eigenvalue weighted by molar-refractivity contribution is -0.274. The molecule has 0 saturated heterocycles. The SMILES string of the molecule is CC(C)(C)Cc1cccc(OC(F)(F)F)c1. The molecule has 0 amide bonds. The van der Waals surface area contributed by atoms with Crippen molar-refractivity contribution < 1.29 is 17.9 Å². The Kier molecular flexibility index (Phi) is 3.51. The Morgan fingerprint density at radius 1 is 1.12 bits per heavy atom. The molecule has 1 aromatic carbocycles. The van der Waals surface area contributed by atoms with Crippen LogP contribution in [0.4, 0.5) is 13.2 Å². The van der Waals surface area contributed by atoms with E-state index in [-0.39, 0.29) is 11.2 Å². The zero-order valence-corrected chi connectivity index (χ0v) is 9.56. The largest absolute Gasteiger partial charge is 0.573 e. The Balaban J connectivity index is 2.79. The molecule has 0 aliphatic heterocycles. The van der Waals surface area contributed by atoms with Crippen LogP contribution in [0.15, 0.2) is 24.3 Å². The zero-order chi connectivity index (χ0) is 12.4. The van der Waals surface area contributed by atoms with E-state index in [4.69, 9.17) is 0 Å². The summed E-state index contributed by atoms with van der Waals surface area (Å²) >= 11 is 0. The van der Waals surface area contributed by atoms with Gasteiger partial charge in [0.05, 0.1) is 0 Å². The summed E-state index contributed by atoms with van der Waals surface area (Å²) in [7, 11) is 0. The Hall–Kier alpha value is -1.19. The van der Waals surface area contributed by atoms with Crippen LogP contribution in [0.3, 0.4) is 0 Å². The normalized spacial score (nSPS) is 12.6. The minimum Gasteiger partial charge on any atom is -0.406 e. The van der Waals surface area contributed by atoms with Crippen LogP contribution in [0.25, 0.3) is 0 Å². The molecule has 16 heavy (non-hydrogen) atoms. The molecule has 90 valence electrons. The third kappa shape index (κ3) is 5.05. The second-order valence-electron chi connectivity index (χ2n) is 4.93. The Bertz CT molecular complexity index is 319. The summed E-state index contributed by atoms with van der Waals surface area (Å²) in [5.74, 6) is -0.158. The highest BCUT2D eigenvalue weighted by Crippen LogP contribution is 2.26. The number of benzene rings is 1. The summed E-state index contributed by atoms with van der Waals surface area (Å²) in [6.45, 7) is 6.10. The number of alkyl halides is 3. The van der Waals surface area contributed by atoms with Gasteiger partial charge in [-0.1, -0.05) is 32.9 Å². The first kappa shape index (κ1) is 12.9. The van der Waals surface area contributed by atoms with Crippen LogP contribution in [0.2, 0.25) is 0 Å². The van der Waals surface area contributed by atoms with Gasteiger partial charge in [-0.2, -0.15) is 0 Å². The van der Waals surface area contributed by atoms with Crippen molar-refractivity contribution in [3.05, 3.63) is 29.8 Å². The first-order chi connectivity index (χ1) is 7.16. The molecule has 0 radical (unpaired) electrons. The van der Waals surface area contributed by atoms with Gasteiger partial charge in [-0.05, 0) is 29.5 Å². The second-order valence-corrected chi connectivity index (χ2v) is 4.93. The predicted octanol–water partition coefficient (Wildman–Crippen LogP) is 4.17. The van der Waals surface area contributed by atoms with Gasteiger partial charge in [0, 0.05) is 0 Å². The van der Waals surface area contributed by atoms with Crippen molar-refractivity contribution in [2.75, 3.05) is 0 Å². The third-order valence-corrected chi connectivity index (χ3v) is 1.87. The fourth-order valence-electron chi connectivity index (χ4n) is 1.46. The summed E-state index contributed by atoms with van der Waals surface area (Å²) in [6, 6.07) is 6.11. The van der Waals surface area contributed by atoms with Crippen LogP contribution in [0.5, 0.6) is 5.75 Å². The quantitative estimate of drug-likeness (QED) is 0.743. The minimum atomic E-state index is -4.62. The van der Waals surface area contributed by atoms with Crippen LogP contribution in [0, 0.1) is 5.41 Å². The van der Waals surface area contributed by atoms with Gasteiger partial charge in [-0.3, -0.25) is 0 Å². The molecular formula is C12H15F3O. The highest BCUT2D eigenvalue weighted by atomic mass is 19.4. The van der Waals surface area contributed by atoms with Crippen molar-refractivity contribution in [2.45, 2.75) is 33.6 Å². The molecule has 0 fully saturated rings. The molecule has 0 aliphatic carbocycles. The van der Waals surface area contributed by atoms with Crippen LogP contribution < -0.4 is 4.74 Å². The Morgan fingerprint density at radius 3 is 2.25 bits per heavy atom. The highest BCUT2D eigenvalue weighted by Gasteiger charge is 2.31. The average molecular weight is 232 g/mol. The number of ether oxygens (including phenoxy) is 1. The molecule has 1 rings (SSSR count). The van der Waals surface area contributed by atoms with E-state index in [9.17, 15) is 13.2 Å². The molecule has 0 aromatic heterocycles. The molecule has 0 N–H and O–H groups in total. The van der Waals surface area contributed by atoms with Crippen LogP contribution in [-0.4, -0.2) is 6.36 Å². The fourth-order valence-corrected chi connectivity index (χ4v) is 1.46. The van der Waals surface area contributed by atoms with E-state index < -0.39 is 6.36 Å². The maximum Gasteiger partial charge on any atom is 0.573 e. The summed E-state index contributed by atoms with van der Waals surface area (Å²) in [6.07, 6.45) is -3.91. The van der Waals surface area contributed by atoms with E-state index in [2.05, 4.69) is 4.74 Å². The molecule has 1 aromatic rings. The van der Waals surface area contributed by atoms with Crippen molar-refractivity contribution in [1.29, 1.82) is 0 Å². The number of rotatable bonds is 2. The van der Waals surface area contributed by atoms with E-state index in [0.29, 0.717) is 6.42 Å². The van der Waals surface area contributed by atoms with Gasteiger partial charge in [0.2, 0.25) is 0 Å². The molecule has 0 heterocycles. The molecule has 1 nitrogen and oxygen atoms in total. The lowest BCUT2D eigenvalue weighted by Crippen LogP contribution is -2.17. The van der Waals surface area contributed by atoms with Gasteiger partial charge in [0.1, 0.15) is 5.75 Å². The van der Waals surface area contributed by atoms with Crippen molar-refractivity contribution in [3.63, 3.8) is 0 Å². The van der Waals surface area contributed by atoms with Crippen LogP contribution >= 0.6 is 0 Å². The summed E-state index contributed by atoms with van der Waals surface area (Å²) < 4.78 is 39.8. The monoisotopic (exact) mass is 232 g/mol. The first-order valence-electron chi connectivity index (χ1n) is 5.00. The summed E-state index contributed by atoms with van der Waals surface area (Å²) in [4.78, 5) is 0. The molecule has 0 unspecified atom stereocenters. The fraction of sp³-hybridized carbons (Fsp3) is 0.500. The topological polar surface area (TPSA) is 9.23 Å². The maximum atomic E-state index is 12.0. The zero-order valence-electron chi connectivity index (χ0n) is 9.56. The summed E-state index contributed by atoms with van der Waals surface area (Å²) in [5.41, 5.74) is 0.880. The molecule has 4 heteroatoms. The van der Waals surface area contributed by atoms with Gasteiger partial charge >= 0.3 is 6.36 Å². The van der Waals surface area contributed by atoms with Crippen molar-refractivity contribution in [1.82, 2.24) is 0 Å². The van der Waals surface area contributed by atoms with Crippen LogP contribution in [-0.2, 0) is 6.42 Å². The predicted molar refractivity (Wildman–Crippen MR) is 56.3 cm³/mol. The van der Waals surface area contributed by atoms with Crippen molar-refractivity contribution in [3.8, 4) is 5.75 Å². The van der Waals surface area contributed by atoms with E-state index >= 15 is 0 Å². The minimum absolute atomic E-state index is 0.0385. The molecule has 0 spiro atoms. The molecule has 0 atom stereocenters. The van der Waals surface area contributed by atoms with Gasteiger partial charge in [0.15, 0.2) is 0 Å². The van der Waals surface area contributed by atoms with Crippen molar-refractivity contribution >= 4 is 0 Å². The highest BCUT2D eigenvalue weighted by molar-refractivity contribution is 5.29. The first-order valence-corrected chi connectivity index (χ1v) is 5.00. The Labute approximate surface area is 93.2 Å². The molecule has 0 saturated carbocycles. The summed E-state index contributed by atoms with van der Waals surface area (Å²) in [5, 5.41) is 0. The van der Waals surface area contributed by atoms with E-state index in [1.165, 1.54) is 12.1 Å². The smallest absolute Gasteiger partial charge is 0.406 e. The Morgan fingerprint density at radius 2 is 1.75 bits per heavy atom. The number of halogens is 3. The maximum absolute atomic E-state index is 12.0. The lowest BCUT2D eigenvalue weighted by Gasteiger charge is -2.18. The van der Waals surface area contributed by atoms with E-state index in [0.717, 1.165) is 5.56 Å². The lowest BCUT2D eigenvalue weighted by atomic mass is 9.88. The molecule has 0 bridgehead atoms. The van der Waals surface area contributed by atoms with Gasteiger partial charge in [0.25, 0.3) is 0 Å². The third-order valence-electron chi connectivity index (χ3n) is 1.87. The standard InChI is InChI=1S/C12H15F3O/c1-11(2,3)8-9-5-4-6-10(7-9)16-12(13,14)15/h4-7H,8H2,1-3H3.